The summed E-state index contributed by atoms with van der Waals surface area (Å²) >= 11 is 0. The number of carbonyl (C=O) groups is 1. The highest BCUT2D eigenvalue weighted by Gasteiger charge is 2.24. The highest BCUT2D eigenvalue weighted by Crippen LogP contribution is 2.26. The van der Waals surface area contributed by atoms with Crippen LogP contribution in [0.1, 0.15) is 20.8 Å². The predicted octanol–water partition coefficient (Wildman–Crippen LogP) is 2.68. The Kier molecular flexibility index (Phi) is 3.35. The molecule has 3 nitrogen and oxygen atoms in total. The average Bonchev–Trinajstić information content (AvgIpc) is 2.17. The maximum Gasteiger partial charge on any atom is 0.316 e. The first-order valence-corrected chi connectivity index (χ1v) is 4.94. The lowest BCUT2D eigenvalue weighted by Gasteiger charge is -2.17. The third kappa shape index (κ3) is 2.98. The number of hydrogen-bond acceptors (Lipinski definition) is 3. The van der Waals surface area contributed by atoms with Crippen LogP contribution in [0, 0.1) is 5.41 Å². The topological polar surface area (TPSA) is 38.3 Å². The third-order valence-electron chi connectivity index (χ3n) is 1.97. The van der Waals surface area contributed by atoms with Crippen LogP contribution in [0.2, 0.25) is 0 Å². The fourth-order valence-electron chi connectivity index (χ4n) is 1.02. The quantitative estimate of drug-likeness (QED) is 0.598. The van der Waals surface area contributed by atoms with Gasteiger partial charge in [-0.15, -0.1) is 0 Å². The highest BCUT2D eigenvalue weighted by atomic mass is 16.5. The van der Waals surface area contributed by atoms with Gasteiger partial charge in [-0.05, 0) is 32.9 Å². The molecule has 3 heteroatoms. The molecule has 0 aliphatic heterocycles. The van der Waals surface area contributed by atoms with Crippen molar-refractivity contribution in [2.45, 2.75) is 20.8 Å². The van der Waals surface area contributed by atoms with E-state index in [0.29, 0.717) is 5.75 Å². The van der Waals surface area contributed by atoms with E-state index in [4.69, 9.17) is 4.74 Å². The fourth-order valence-corrected chi connectivity index (χ4v) is 1.02. The molecule has 1 aromatic carbocycles. The second kappa shape index (κ2) is 4.34. The van der Waals surface area contributed by atoms with Gasteiger partial charge in [-0.1, -0.05) is 12.1 Å². The first-order chi connectivity index (χ1) is 6.95. The smallest absolute Gasteiger partial charge is 0.316 e. The summed E-state index contributed by atoms with van der Waals surface area (Å²) in [5.74, 6) is 0.338. The van der Waals surface area contributed by atoms with E-state index >= 15 is 0 Å². The monoisotopic (exact) mass is 207 g/mol. The van der Waals surface area contributed by atoms with Crippen LogP contribution in [0.5, 0.6) is 5.75 Å². The van der Waals surface area contributed by atoms with Crippen LogP contribution in [-0.2, 0) is 4.79 Å². The Morgan fingerprint density at radius 2 is 1.87 bits per heavy atom. The van der Waals surface area contributed by atoms with Crippen molar-refractivity contribution < 1.29 is 9.53 Å². The molecular weight excluding hydrogens is 190 g/mol. The number of hydrogen-bond donors (Lipinski definition) is 1. The first-order valence-electron chi connectivity index (χ1n) is 4.94. The van der Waals surface area contributed by atoms with Gasteiger partial charge < -0.3 is 10.1 Å². The van der Waals surface area contributed by atoms with Gasteiger partial charge in [0.1, 0.15) is 0 Å². The van der Waals surface area contributed by atoms with Gasteiger partial charge in [0.2, 0.25) is 0 Å². The molecule has 0 aromatic heterocycles. The Hall–Kier alpha value is -1.51. The Balaban J connectivity index is 2.85. The minimum atomic E-state index is -0.485. The molecule has 0 saturated heterocycles. The predicted molar refractivity (Wildman–Crippen MR) is 61.1 cm³/mol. The minimum Gasteiger partial charge on any atom is -0.424 e. The van der Waals surface area contributed by atoms with Crippen molar-refractivity contribution >= 4 is 11.7 Å². The molecule has 1 N–H and O–H groups in total. The van der Waals surface area contributed by atoms with Crippen LogP contribution < -0.4 is 10.1 Å². The maximum absolute atomic E-state index is 11.7. The van der Waals surface area contributed by atoms with E-state index in [1.165, 1.54) is 0 Å². The summed E-state index contributed by atoms with van der Waals surface area (Å²) in [6, 6.07) is 7.37. The normalized spacial score (nSPS) is 10.9. The second-order valence-electron chi connectivity index (χ2n) is 4.39. The van der Waals surface area contributed by atoms with Crippen molar-refractivity contribution in [3.63, 3.8) is 0 Å². The number of esters is 1. The van der Waals surface area contributed by atoms with E-state index in [2.05, 4.69) is 5.32 Å². The Morgan fingerprint density at radius 3 is 2.40 bits per heavy atom. The van der Waals surface area contributed by atoms with Gasteiger partial charge in [0.15, 0.2) is 5.75 Å². The number of para-hydroxylation sites is 2. The van der Waals surface area contributed by atoms with Crippen LogP contribution >= 0.6 is 0 Å². The molecule has 0 aliphatic rings. The molecule has 0 fully saturated rings. The molecule has 0 heterocycles. The lowest BCUT2D eigenvalue weighted by Crippen LogP contribution is -2.25. The average molecular weight is 207 g/mol. The van der Waals surface area contributed by atoms with Crippen molar-refractivity contribution in [1.82, 2.24) is 0 Å². The van der Waals surface area contributed by atoms with Gasteiger partial charge in [-0.3, -0.25) is 4.79 Å². The Morgan fingerprint density at radius 1 is 1.27 bits per heavy atom. The SMILES string of the molecule is CNc1ccccc1OC(=O)C(C)(C)C. The van der Waals surface area contributed by atoms with Crippen LogP contribution in [0.4, 0.5) is 5.69 Å². The van der Waals surface area contributed by atoms with E-state index in [-0.39, 0.29) is 5.97 Å². The molecule has 15 heavy (non-hydrogen) atoms. The van der Waals surface area contributed by atoms with E-state index in [1.807, 2.05) is 39.0 Å². The van der Waals surface area contributed by atoms with E-state index < -0.39 is 5.41 Å². The van der Waals surface area contributed by atoms with Crippen molar-refractivity contribution in [1.29, 1.82) is 0 Å². The van der Waals surface area contributed by atoms with Crippen molar-refractivity contribution in [3.05, 3.63) is 24.3 Å². The summed E-state index contributed by atoms with van der Waals surface area (Å²) in [6.07, 6.45) is 0. The number of benzene rings is 1. The zero-order chi connectivity index (χ0) is 11.5. The summed E-state index contributed by atoms with van der Waals surface area (Å²) in [4.78, 5) is 11.7. The molecule has 0 saturated carbocycles. The molecule has 0 radical (unpaired) electrons. The van der Waals surface area contributed by atoms with Gasteiger partial charge in [0.25, 0.3) is 0 Å². The zero-order valence-corrected chi connectivity index (χ0v) is 9.63. The first kappa shape index (κ1) is 11.6. The largest absolute Gasteiger partial charge is 0.424 e. The van der Waals surface area contributed by atoms with E-state index in [0.717, 1.165) is 5.69 Å². The van der Waals surface area contributed by atoms with Crippen molar-refractivity contribution in [2.24, 2.45) is 5.41 Å². The van der Waals surface area contributed by atoms with Crippen LogP contribution in [0.15, 0.2) is 24.3 Å². The van der Waals surface area contributed by atoms with Crippen LogP contribution in [0.25, 0.3) is 0 Å². The highest BCUT2D eigenvalue weighted by molar-refractivity contribution is 5.79. The number of ether oxygens (including phenoxy) is 1. The summed E-state index contributed by atoms with van der Waals surface area (Å²) < 4.78 is 5.30. The third-order valence-corrected chi connectivity index (χ3v) is 1.97. The molecule has 82 valence electrons. The maximum atomic E-state index is 11.7. The summed E-state index contributed by atoms with van der Waals surface area (Å²) in [5.41, 5.74) is 0.330. The van der Waals surface area contributed by atoms with Crippen LogP contribution in [-0.4, -0.2) is 13.0 Å². The molecule has 1 aromatic rings. The minimum absolute atomic E-state index is 0.231. The number of rotatable bonds is 2. The molecule has 0 amide bonds. The second-order valence-corrected chi connectivity index (χ2v) is 4.39. The molecule has 0 atom stereocenters. The Bertz CT molecular complexity index is 353. The van der Waals surface area contributed by atoms with E-state index in [9.17, 15) is 4.79 Å². The lowest BCUT2D eigenvalue weighted by atomic mass is 9.97. The molecular formula is C12H17NO2. The summed E-state index contributed by atoms with van der Waals surface area (Å²) in [5, 5.41) is 2.98. The number of anilines is 1. The summed E-state index contributed by atoms with van der Waals surface area (Å²) in [6.45, 7) is 5.49. The Labute approximate surface area is 90.4 Å². The molecule has 0 aliphatic carbocycles. The van der Waals surface area contributed by atoms with Crippen molar-refractivity contribution in [2.75, 3.05) is 12.4 Å². The van der Waals surface area contributed by atoms with Crippen molar-refractivity contribution in [3.8, 4) is 5.75 Å². The van der Waals surface area contributed by atoms with Gasteiger partial charge in [0.05, 0.1) is 11.1 Å². The van der Waals surface area contributed by atoms with Gasteiger partial charge in [0, 0.05) is 7.05 Å². The number of carbonyl (C=O) groups excluding carboxylic acids is 1. The molecule has 0 unspecified atom stereocenters. The summed E-state index contributed by atoms with van der Waals surface area (Å²) in [7, 11) is 1.80. The van der Waals surface area contributed by atoms with E-state index in [1.54, 1.807) is 13.1 Å². The molecule has 0 bridgehead atoms. The van der Waals surface area contributed by atoms with Gasteiger partial charge in [-0.2, -0.15) is 0 Å². The number of nitrogens with one attached hydrogen (secondary N) is 1. The molecule has 1 rings (SSSR count). The van der Waals surface area contributed by atoms with Gasteiger partial charge in [-0.25, -0.2) is 0 Å². The molecule has 0 spiro atoms. The lowest BCUT2D eigenvalue weighted by molar-refractivity contribution is -0.142. The van der Waals surface area contributed by atoms with Crippen LogP contribution in [0.3, 0.4) is 0 Å². The zero-order valence-electron chi connectivity index (χ0n) is 9.63. The standard InChI is InChI=1S/C12H17NO2/c1-12(2,3)11(14)15-10-8-6-5-7-9(10)13-4/h5-8,13H,1-4H3. The van der Waals surface area contributed by atoms with Gasteiger partial charge >= 0.3 is 5.97 Å². The fraction of sp³-hybridized carbons (Fsp3) is 0.417.